The highest BCUT2D eigenvalue weighted by molar-refractivity contribution is 7.71. The summed E-state index contributed by atoms with van der Waals surface area (Å²) in [4.78, 5) is 22.2. The first kappa shape index (κ1) is 9.97. The molecule has 0 fully saturated rings. The Labute approximate surface area is 90.8 Å². The molecule has 0 aliphatic heterocycles. The first-order valence-electron chi connectivity index (χ1n) is 4.60. The fourth-order valence-electron chi connectivity index (χ4n) is 1.31. The topological polar surface area (TPSA) is 63.6 Å². The molecule has 2 aromatic heterocycles. The third-order valence-electron chi connectivity index (χ3n) is 2.16. The first-order valence-corrected chi connectivity index (χ1v) is 5.00. The third-order valence-corrected chi connectivity index (χ3v) is 2.49. The highest BCUT2D eigenvalue weighted by Gasteiger charge is 2.02. The molecule has 0 saturated carbocycles. The Morgan fingerprint density at radius 2 is 2.27 bits per heavy atom. The van der Waals surface area contributed by atoms with Crippen LogP contribution in [0.3, 0.4) is 0 Å². The van der Waals surface area contributed by atoms with Gasteiger partial charge in [-0.3, -0.25) is 4.79 Å². The lowest BCUT2D eigenvalue weighted by Gasteiger charge is -2.04. The molecule has 0 aromatic carbocycles. The summed E-state index contributed by atoms with van der Waals surface area (Å²) >= 11 is 5.06. The molecule has 0 spiro atoms. The van der Waals surface area contributed by atoms with E-state index in [9.17, 15) is 4.79 Å². The minimum absolute atomic E-state index is 0.223. The quantitative estimate of drug-likeness (QED) is 0.736. The molecule has 0 radical (unpaired) electrons. The molecular formula is C9H10N4OS. The fourth-order valence-corrected chi connectivity index (χ4v) is 1.58. The molecule has 2 aromatic rings. The number of nitrogens with zero attached hydrogens (tertiary/aromatic N) is 3. The summed E-state index contributed by atoms with van der Waals surface area (Å²) in [6.07, 6.45) is 1.80. The summed E-state index contributed by atoms with van der Waals surface area (Å²) in [6, 6.07) is 0. The number of aryl methyl sites for hydroxylation is 2. The van der Waals surface area contributed by atoms with Gasteiger partial charge in [0.2, 0.25) is 4.77 Å². The van der Waals surface area contributed by atoms with E-state index in [2.05, 4.69) is 15.0 Å². The monoisotopic (exact) mass is 222 g/mol. The number of H-pyrrole nitrogens is 1. The molecule has 78 valence electrons. The van der Waals surface area contributed by atoms with Gasteiger partial charge in [-0.25, -0.2) is 9.97 Å². The van der Waals surface area contributed by atoms with Crippen LogP contribution in [0.15, 0.2) is 11.0 Å². The van der Waals surface area contributed by atoms with Gasteiger partial charge in [-0.05, 0) is 26.1 Å². The predicted molar refractivity (Wildman–Crippen MR) is 59.4 cm³/mol. The molecule has 0 aliphatic rings. The number of hydrogen-bond donors (Lipinski definition) is 1. The maximum atomic E-state index is 11.3. The molecule has 0 atom stereocenters. The van der Waals surface area contributed by atoms with Gasteiger partial charge in [-0.1, -0.05) is 0 Å². The second-order valence-electron chi connectivity index (χ2n) is 3.19. The van der Waals surface area contributed by atoms with Crippen LogP contribution in [0.4, 0.5) is 0 Å². The first-order chi connectivity index (χ1) is 7.11. The molecular weight excluding hydrogens is 212 g/mol. The lowest BCUT2D eigenvalue weighted by Crippen LogP contribution is -2.13. The van der Waals surface area contributed by atoms with Gasteiger partial charge in [0.1, 0.15) is 11.2 Å². The van der Waals surface area contributed by atoms with Crippen molar-refractivity contribution in [2.24, 2.45) is 0 Å². The van der Waals surface area contributed by atoms with Gasteiger partial charge in [-0.2, -0.15) is 0 Å². The van der Waals surface area contributed by atoms with E-state index in [-0.39, 0.29) is 5.56 Å². The summed E-state index contributed by atoms with van der Waals surface area (Å²) in [6.45, 7) is 4.37. The van der Waals surface area contributed by atoms with E-state index in [0.29, 0.717) is 21.6 Å². The maximum absolute atomic E-state index is 11.3. The van der Waals surface area contributed by atoms with Crippen molar-refractivity contribution >= 4 is 23.4 Å². The number of hydrogen-bond acceptors (Lipinski definition) is 4. The number of aromatic amines is 1. The zero-order chi connectivity index (χ0) is 11.0. The van der Waals surface area contributed by atoms with Gasteiger partial charge in [0.15, 0.2) is 5.65 Å². The van der Waals surface area contributed by atoms with Gasteiger partial charge >= 0.3 is 0 Å². The average Bonchev–Trinajstić information content (AvgIpc) is 2.20. The number of nitrogens with one attached hydrogen (secondary N) is 1. The second kappa shape index (κ2) is 3.54. The van der Waals surface area contributed by atoms with Gasteiger partial charge < -0.3 is 9.55 Å². The Kier molecular flexibility index (Phi) is 2.36. The van der Waals surface area contributed by atoms with E-state index in [1.807, 2.05) is 11.5 Å². The van der Waals surface area contributed by atoms with E-state index in [1.54, 1.807) is 13.1 Å². The fraction of sp³-hybridized carbons (Fsp3) is 0.333. The van der Waals surface area contributed by atoms with Crippen LogP contribution in [0.2, 0.25) is 0 Å². The number of fused-ring (bicyclic) bond motifs is 1. The molecule has 5 nitrogen and oxygen atoms in total. The van der Waals surface area contributed by atoms with Crippen molar-refractivity contribution in [3.8, 4) is 0 Å². The van der Waals surface area contributed by atoms with Gasteiger partial charge in [0.05, 0.1) is 0 Å². The highest BCUT2D eigenvalue weighted by atomic mass is 32.1. The minimum atomic E-state index is -0.223. The predicted octanol–water partition coefficient (Wildman–Crippen LogP) is 1.18. The lowest BCUT2D eigenvalue weighted by atomic mass is 10.4. The van der Waals surface area contributed by atoms with Gasteiger partial charge in [-0.15, -0.1) is 0 Å². The van der Waals surface area contributed by atoms with Crippen LogP contribution in [0.5, 0.6) is 0 Å². The van der Waals surface area contributed by atoms with Crippen LogP contribution in [0.25, 0.3) is 11.2 Å². The Morgan fingerprint density at radius 3 is 2.93 bits per heavy atom. The standard InChI is InChI=1S/C9H10N4OS/c1-3-13-4-6-7(12-9(13)15)11-8(14)5(2)10-6/h4H,3H2,1-2H3,(H,11,12,14,15). The highest BCUT2D eigenvalue weighted by Crippen LogP contribution is 2.04. The molecule has 0 amide bonds. The van der Waals surface area contributed by atoms with E-state index < -0.39 is 0 Å². The minimum Gasteiger partial charge on any atom is -0.322 e. The van der Waals surface area contributed by atoms with Crippen molar-refractivity contribution in [3.63, 3.8) is 0 Å². The van der Waals surface area contributed by atoms with E-state index in [1.165, 1.54) is 0 Å². The summed E-state index contributed by atoms with van der Waals surface area (Å²) < 4.78 is 2.26. The van der Waals surface area contributed by atoms with Crippen molar-refractivity contribution < 1.29 is 0 Å². The molecule has 15 heavy (non-hydrogen) atoms. The SMILES string of the molecule is CCn1cc2nc(C)c(=O)[nH]c2nc1=S. The maximum Gasteiger partial charge on any atom is 0.270 e. The van der Waals surface area contributed by atoms with Crippen LogP contribution in [0, 0.1) is 11.7 Å². The van der Waals surface area contributed by atoms with Crippen molar-refractivity contribution in [3.05, 3.63) is 27.0 Å². The zero-order valence-electron chi connectivity index (χ0n) is 8.44. The normalized spacial score (nSPS) is 10.8. The zero-order valence-corrected chi connectivity index (χ0v) is 9.26. The van der Waals surface area contributed by atoms with Gasteiger partial charge in [0, 0.05) is 12.7 Å². The van der Waals surface area contributed by atoms with Crippen molar-refractivity contribution in [2.45, 2.75) is 20.4 Å². The van der Waals surface area contributed by atoms with Crippen LogP contribution >= 0.6 is 12.2 Å². The van der Waals surface area contributed by atoms with Crippen LogP contribution in [-0.4, -0.2) is 19.5 Å². The van der Waals surface area contributed by atoms with Crippen molar-refractivity contribution in [1.82, 2.24) is 19.5 Å². The van der Waals surface area contributed by atoms with Crippen molar-refractivity contribution in [1.29, 1.82) is 0 Å². The smallest absolute Gasteiger partial charge is 0.270 e. The summed E-state index contributed by atoms with van der Waals surface area (Å²) in [5.41, 5.74) is 1.31. The number of aromatic nitrogens is 4. The van der Waals surface area contributed by atoms with Gasteiger partial charge in [0.25, 0.3) is 5.56 Å². The average molecular weight is 222 g/mol. The largest absolute Gasteiger partial charge is 0.322 e. The van der Waals surface area contributed by atoms with E-state index in [0.717, 1.165) is 6.54 Å². The van der Waals surface area contributed by atoms with Crippen molar-refractivity contribution in [2.75, 3.05) is 0 Å². The third kappa shape index (κ3) is 1.68. The Morgan fingerprint density at radius 1 is 1.53 bits per heavy atom. The van der Waals surface area contributed by atoms with E-state index in [4.69, 9.17) is 12.2 Å². The Hall–Kier alpha value is -1.56. The van der Waals surface area contributed by atoms with Crippen LogP contribution < -0.4 is 5.56 Å². The Bertz CT molecular complexity index is 628. The summed E-state index contributed by atoms with van der Waals surface area (Å²) in [5, 5.41) is 0. The van der Waals surface area contributed by atoms with E-state index >= 15 is 0 Å². The second-order valence-corrected chi connectivity index (χ2v) is 3.56. The number of rotatable bonds is 1. The molecule has 1 N–H and O–H groups in total. The summed E-state index contributed by atoms with van der Waals surface area (Å²) in [7, 11) is 0. The summed E-state index contributed by atoms with van der Waals surface area (Å²) in [5.74, 6) is 0. The Balaban J connectivity index is 2.88. The molecule has 2 heterocycles. The molecule has 2 rings (SSSR count). The molecule has 6 heteroatoms. The van der Waals surface area contributed by atoms with Crippen LogP contribution in [-0.2, 0) is 6.54 Å². The molecule has 0 unspecified atom stereocenters. The van der Waals surface area contributed by atoms with Crippen LogP contribution in [0.1, 0.15) is 12.6 Å². The lowest BCUT2D eigenvalue weighted by molar-refractivity contribution is 0.726. The molecule has 0 aliphatic carbocycles. The molecule has 0 saturated heterocycles. The molecule has 0 bridgehead atoms.